The highest BCUT2D eigenvalue weighted by atomic mass is 19.4. The Balaban J connectivity index is 2.01. The highest BCUT2D eigenvalue weighted by Crippen LogP contribution is 2.32. The Kier molecular flexibility index (Phi) is 5.80. The second-order valence-corrected chi connectivity index (χ2v) is 5.59. The Morgan fingerprint density at radius 2 is 1.96 bits per heavy atom. The van der Waals surface area contributed by atoms with Gasteiger partial charge in [-0.2, -0.15) is 13.2 Å². The molecule has 0 aromatic heterocycles. The van der Waals surface area contributed by atoms with Crippen molar-refractivity contribution < 1.29 is 27.4 Å². The minimum atomic E-state index is -4.40. The highest BCUT2D eigenvalue weighted by molar-refractivity contribution is 5.74. The molecule has 0 aliphatic carbocycles. The number of likely N-dealkylation sites (tertiary alicyclic amines) is 1. The minimum Gasteiger partial charge on any atom is -0.493 e. The van der Waals surface area contributed by atoms with Gasteiger partial charge in [0.15, 0.2) is 11.5 Å². The summed E-state index contributed by atoms with van der Waals surface area (Å²) in [6, 6.07) is 2.67. The predicted molar refractivity (Wildman–Crippen MR) is 82.2 cm³/mol. The van der Waals surface area contributed by atoms with Gasteiger partial charge in [0.05, 0.1) is 14.2 Å². The second kappa shape index (κ2) is 7.63. The number of alkyl halides is 3. The van der Waals surface area contributed by atoms with E-state index in [2.05, 4.69) is 5.32 Å². The summed E-state index contributed by atoms with van der Waals surface area (Å²) in [5.74, 6) is 1.04. The van der Waals surface area contributed by atoms with Gasteiger partial charge < -0.3 is 19.7 Å². The molecular weight excluding hydrogens is 325 g/mol. The number of piperidine rings is 1. The third-order valence-corrected chi connectivity index (χ3v) is 4.03. The van der Waals surface area contributed by atoms with Crippen LogP contribution in [0.1, 0.15) is 24.8 Å². The number of halogens is 3. The Morgan fingerprint density at radius 3 is 2.58 bits per heavy atom. The lowest BCUT2D eigenvalue weighted by molar-refractivity contribution is -0.182. The number of methoxy groups -OCH3 is 2. The van der Waals surface area contributed by atoms with Gasteiger partial charge in [0.25, 0.3) is 0 Å². The molecule has 1 N–H and O–H groups in total. The zero-order chi connectivity index (χ0) is 17.7. The molecule has 1 unspecified atom stereocenters. The van der Waals surface area contributed by atoms with Crippen LogP contribution in [0, 0.1) is 0 Å². The second-order valence-electron chi connectivity index (χ2n) is 5.59. The summed E-state index contributed by atoms with van der Waals surface area (Å²) >= 11 is 0. The van der Waals surface area contributed by atoms with Crippen LogP contribution in [0.4, 0.5) is 18.0 Å². The lowest BCUT2D eigenvalue weighted by Crippen LogP contribution is -2.54. The normalized spacial score (nSPS) is 18.2. The molecule has 2 amide bonds. The Bertz CT molecular complexity index is 578. The highest BCUT2D eigenvalue weighted by Gasteiger charge is 2.46. The van der Waals surface area contributed by atoms with E-state index < -0.39 is 18.2 Å². The van der Waals surface area contributed by atoms with Crippen LogP contribution in [0.25, 0.3) is 0 Å². The van der Waals surface area contributed by atoms with Crippen LogP contribution in [0.15, 0.2) is 18.2 Å². The number of hydrogen-bond acceptors (Lipinski definition) is 3. The Hall–Kier alpha value is -2.12. The van der Waals surface area contributed by atoms with Gasteiger partial charge in [-0.05, 0) is 37.0 Å². The molecule has 0 spiro atoms. The smallest absolute Gasteiger partial charge is 0.408 e. The molecule has 2 rings (SSSR count). The van der Waals surface area contributed by atoms with Crippen molar-refractivity contribution in [1.82, 2.24) is 10.2 Å². The minimum absolute atomic E-state index is 0.0483. The van der Waals surface area contributed by atoms with Crippen molar-refractivity contribution in [2.75, 3.05) is 20.8 Å². The van der Waals surface area contributed by atoms with Gasteiger partial charge in [-0.15, -0.1) is 0 Å². The zero-order valence-corrected chi connectivity index (χ0v) is 13.7. The van der Waals surface area contributed by atoms with E-state index in [1.165, 1.54) is 14.2 Å². The summed E-state index contributed by atoms with van der Waals surface area (Å²) in [6.07, 6.45) is -3.39. The van der Waals surface area contributed by atoms with Gasteiger partial charge in [0.2, 0.25) is 0 Å². The number of carbonyl (C=O) groups excluding carboxylic acids is 1. The number of carbonyl (C=O) groups is 1. The lowest BCUT2D eigenvalue weighted by atomic mass is 10.0. The molecule has 1 saturated heterocycles. The first-order valence-electron chi connectivity index (χ1n) is 7.69. The fraction of sp³-hybridized carbons (Fsp3) is 0.562. The van der Waals surface area contributed by atoms with Gasteiger partial charge in [0, 0.05) is 13.1 Å². The first-order chi connectivity index (χ1) is 11.4. The molecule has 1 heterocycles. The van der Waals surface area contributed by atoms with Crippen molar-refractivity contribution >= 4 is 6.03 Å². The monoisotopic (exact) mass is 346 g/mol. The van der Waals surface area contributed by atoms with Crippen molar-refractivity contribution in [3.8, 4) is 11.5 Å². The quantitative estimate of drug-likeness (QED) is 0.910. The lowest BCUT2D eigenvalue weighted by Gasteiger charge is -2.36. The van der Waals surface area contributed by atoms with E-state index in [0.29, 0.717) is 29.9 Å². The van der Waals surface area contributed by atoms with Crippen molar-refractivity contribution in [3.05, 3.63) is 23.8 Å². The van der Waals surface area contributed by atoms with Gasteiger partial charge >= 0.3 is 12.2 Å². The van der Waals surface area contributed by atoms with Gasteiger partial charge in [-0.3, -0.25) is 0 Å². The van der Waals surface area contributed by atoms with Crippen LogP contribution in [-0.4, -0.2) is 43.9 Å². The molecule has 0 saturated carbocycles. The van der Waals surface area contributed by atoms with Gasteiger partial charge in [0.1, 0.15) is 6.04 Å². The third-order valence-electron chi connectivity index (χ3n) is 4.03. The number of rotatable bonds is 4. The van der Waals surface area contributed by atoms with E-state index in [1.54, 1.807) is 18.2 Å². The SMILES string of the molecule is COc1ccc(CNC(=O)N2CCCCC2C(F)(F)F)cc1OC. The van der Waals surface area contributed by atoms with Crippen LogP contribution in [0.3, 0.4) is 0 Å². The van der Waals surface area contributed by atoms with Crippen molar-refractivity contribution in [1.29, 1.82) is 0 Å². The van der Waals surface area contributed by atoms with E-state index in [9.17, 15) is 18.0 Å². The molecule has 134 valence electrons. The molecule has 1 fully saturated rings. The number of nitrogens with one attached hydrogen (secondary N) is 1. The van der Waals surface area contributed by atoms with Crippen LogP contribution >= 0.6 is 0 Å². The van der Waals surface area contributed by atoms with E-state index in [0.717, 1.165) is 4.90 Å². The third kappa shape index (κ3) is 4.24. The maximum atomic E-state index is 13.0. The number of hydrogen-bond donors (Lipinski definition) is 1. The number of urea groups is 1. The molecule has 0 bridgehead atoms. The first kappa shape index (κ1) is 18.2. The fourth-order valence-corrected chi connectivity index (χ4v) is 2.78. The summed E-state index contributed by atoms with van der Waals surface area (Å²) in [7, 11) is 2.99. The fourth-order valence-electron chi connectivity index (χ4n) is 2.78. The summed E-state index contributed by atoms with van der Waals surface area (Å²) in [4.78, 5) is 13.0. The Morgan fingerprint density at radius 1 is 1.25 bits per heavy atom. The molecule has 1 aromatic rings. The maximum absolute atomic E-state index is 13.0. The van der Waals surface area contributed by atoms with E-state index in [1.807, 2.05) is 0 Å². The maximum Gasteiger partial charge on any atom is 0.408 e. The van der Waals surface area contributed by atoms with Crippen molar-refractivity contribution in [2.24, 2.45) is 0 Å². The van der Waals surface area contributed by atoms with Crippen molar-refractivity contribution in [2.45, 2.75) is 38.0 Å². The van der Waals surface area contributed by atoms with E-state index >= 15 is 0 Å². The molecule has 1 aliphatic heterocycles. The van der Waals surface area contributed by atoms with Gasteiger partial charge in [-0.1, -0.05) is 6.07 Å². The van der Waals surface area contributed by atoms with Crippen LogP contribution in [0.2, 0.25) is 0 Å². The van der Waals surface area contributed by atoms with E-state index in [-0.39, 0.29) is 19.5 Å². The molecule has 1 atom stereocenters. The van der Waals surface area contributed by atoms with Crippen LogP contribution in [0.5, 0.6) is 11.5 Å². The standard InChI is InChI=1S/C16H21F3N2O3/c1-23-12-7-6-11(9-13(12)24-2)10-20-15(22)21-8-4-3-5-14(21)16(17,18)19/h6-7,9,14H,3-5,8,10H2,1-2H3,(H,20,22). The van der Waals surface area contributed by atoms with Crippen molar-refractivity contribution in [3.63, 3.8) is 0 Å². The number of amides is 2. The predicted octanol–water partition coefficient (Wildman–Crippen LogP) is 3.33. The zero-order valence-electron chi connectivity index (χ0n) is 13.7. The average molecular weight is 346 g/mol. The van der Waals surface area contributed by atoms with Crippen LogP contribution < -0.4 is 14.8 Å². The molecule has 24 heavy (non-hydrogen) atoms. The van der Waals surface area contributed by atoms with Crippen LogP contribution in [-0.2, 0) is 6.54 Å². The number of benzene rings is 1. The largest absolute Gasteiger partial charge is 0.493 e. The molecule has 5 nitrogen and oxygen atoms in total. The summed E-state index contributed by atoms with van der Waals surface area (Å²) in [5, 5.41) is 2.55. The Labute approximate surface area is 138 Å². The summed E-state index contributed by atoms with van der Waals surface area (Å²) in [6.45, 7) is 0.224. The first-order valence-corrected chi connectivity index (χ1v) is 7.69. The molecular formula is C16H21F3N2O3. The molecule has 0 radical (unpaired) electrons. The molecule has 1 aliphatic rings. The van der Waals surface area contributed by atoms with Gasteiger partial charge in [-0.25, -0.2) is 4.79 Å². The molecule has 1 aromatic carbocycles. The summed E-state index contributed by atoms with van der Waals surface area (Å²) < 4.78 is 49.4. The van der Waals surface area contributed by atoms with E-state index in [4.69, 9.17) is 9.47 Å². The topological polar surface area (TPSA) is 50.8 Å². The average Bonchev–Trinajstić information content (AvgIpc) is 2.58. The summed E-state index contributed by atoms with van der Waals surface area (Å²) in [5.41, 5.74) is 0.710. The molecule has 8 heteroatoms. The number of ether oxygens (including phenoxy) is 2. The number of nitrogens with zero attached hydrogens (tertiary/aromatic N) is 1.